The molecule has 0 spiro atoms. The highest BCUT2D eigenvalue weighted by Crippen LogP contribution is 2.28. The SMILES string of the molecule is OC(C#Cc1ccc2ccccc2c1)(/C=C/c1ccc2ccccc2c1)c1ccc2ccccc2c1. The Balaban J connectivity index is 1.44. The molecule has 0 radical (unpaired) electrons. The van der Waals surface area contributed by atoms with E-state index in [2.05, 4.69) is 78.6 Å². The van der Waals surface area contributed by atoms with Crippen LogP contribution in [0.5, 0.6) is 0 Å². The van der Waals surface area contributed by atoms with Gasteiger partial charge in [0.25, 0.3) is 0 Å². The van der Waals surface area contributed by atoms with Crippen LogP contribution in [-0.4, -0.2) is 5.11 Å². The summed E-state index contributed by atoms with van der Waals surface area (Å²) >= 11 is 0. The van der Waals surface area contributed by atoms with Crippen LogP contribution in [0.1, 0.15) is 16.7 Å². The van der Waals surface area contributed by atoms with Gasteiger partial charge in [0.2, 0.25) is 0 Å². The summed E-state index contributed by atoms with van der Waals surface area (Å²) in [6.45, 7) is 0. The van der Waals surface area contributed by atoms with E-state index >= 15 is 0 Å². The molecule has 0 aromatic heterocycles. The maximum absolute atomic E-state index is 11.9. The van der Waals surface area contributed by atoms with E-state index in [0.29, 0.717) is 0 Å². The molecule has 1 unspecified atom stereocenters. The van der Waals surface area contributed by atoms with Crippen molar-refractivity contribution in [3.63, 3.8) is 0 Å². The minimum absolute atomic E-state index is 0.742. The average Bonchev–Trinajstić information content (AvgIpc) is 2.94. The van der Waals surface area contributed by atoms with Gasteiger partial charge in [-0.3, -0.25) is 0 Å². The first-order valence-electron chi connectivity index (χ1n) is 12.1. The molecule has 0 saturated carbocycles. The predicted molar refractivity (Wildman–Crippen MR) is 152 cm³/mol. The van der Waals surface area contributed by atoms with E-state index in [1.165, 1.54) is 10.8 Å². The second-order valence-electron chi connectivity index (χ2n) is 9.08. The third kappa shape index (κ3) is 4.39. The number of hydrogen-bond donors (Lipinski definition) is 1. The Morgan fingerprint density at radius 1 is 0.528 bits per heavy atom. The fourth-order valence-electron chi connectivity index (χ4n) is 4.60. The molecule has 0 bridgehead atoms. The standard InChI is InChI=1S/C35H24O/c36-35(34-18-17-30-9-3-6-12-33(30)25-34,21-19-26-13-15-28-7-1-4-10-31(28)23-26)22-20-27-14-16-29-8-2-5-11-32(29)24-27/h1-19,21,23-25,36H/b21-19+. The Kier molecular flexibility index (Phi) is 5.58. The Morgan fingerprint density at radius 3 is 1.72 bits per heavy atom. The monoisotopic (exact) mass is 460 g/mol. The molecule has 6 aromatic carbocycles. The predicted octanol–water partition coefficient (Wildman–Crippen LogP) is 8.10. The van der Waals surface area contributed by atoms with Crippen LogP contribution in [0, 0.1) is 11.8 Å². The summed E-state index contributed by atoms with van der Waals surface area (Å²) in [5.74, 6) is 6.42. The highest BCUT2D eigenvalue weighted by Gasteiger charge is 2.24. The molecular formula is C35H24O. The molecule has 1 N–H and O–H groups in total. The molecule has 1 nitrogen and oxygen atoms in total. The molecule has 0 aliphatic rings. The molecule has 0 heterocycles. The van der Waals surface area contributed by atoms with Crippen molar-refractivity contribution in [2.45, 2.75) is 5.60 Å². The van der Waals surface area contributed by atoms with Gasteiger partial charge >= 0.3 is 0 Å². The highest BCUT2D eigenvalue weighted by molar-refractivity contribution is 5.86. The van der Waals surface area contributed by atoms with Crippen LogP contribution in [0.15, 0.2) is 133 Å². The van der Waals surface area contributed by atoms with Crippen molar-refractivity contribution in [2.75, 3.05) is 0 Å². The molecular weight excluding hydrogens is 436 g/mol. The zero-order valence-electron chi connectivity index (χ0n) is 19.7. The van der Waals surface area contributed by atoms with Gasteiger partial charge in [-0.15, -0.1) is 0 Å². The molecule has 0 aliphatic heterocycles. The highest BCUT2D eigenvalue weighted by atomic mass is 16.3. The summed E-state index contributed by atoms with van der Waals surface area (Å²) in [6.07, 6.45) is 3.76. The minimum atomic E-state index is -1.46. The quantitative estimate of drug-likeness (QED) is 0.265. The third-order valence-corrected chi connectivity index (χ3v) is 6.63. The van der Waals surface area contributed by atoms with Gasteiger partial charge < -0.3 is 5.11 Å². The first-order chi connectivity index (χ1) is 17.7. The van der Waals surface area contributed by atoms with Gasteiger partial charge in [-0.05, 0) is 68.2 Å². The lowest BCUT2D eigenvalue weighted by Crippen LogP contribution is -2.20. The van der Waals surface area contributed by atoms with Gasteiger partial charge in [-0.25, -0.2) is 0 Å². The fraction of sp³-hybridized carbons (Fsp3) is 0.0286. The van der Waals surface area contributed by atoms with Gasteiger partial charge in [0.05, 0.1) is 0 Å². The summed E-state index contributed by atoms with van der Waals surface area (Å²) in [4.78, 5) is 0. The van der Waals surface area contributed by atoms with Crippen molar-refractivity contribution in [3.8, 4) is 11.8 Å². The van der Waals surface area contributed by atoms with E-state index in [1.54, 1.807) is 6.08 Å². The molecule has 36 heavy (non-hydrogen) atoms. The fourth-order valence-corrected chi connectivity index (χ4v) is 4.60. The number of fused-ring (bicyclic) bond motifs is 3. The summed E-state index contributed by atoms with van der Waals surface area (Å²) in [6, 6.07) is 43.1. The maximum atomic E-state index is 11.9. The summed E-state index contributed by atoms with van der Waals surface area (Å²) in [5.41, 5.74) is 1.17. The first kappa shape index (κ1) is 21.9. The number of aliphatic hydroxyl groups is 1. The van der Waals surface area contributed by atoms with Crippen LogP contribution in [0.2, 0.25) is 0 Å². The van der Waals surface area contributed by atoms with Gasteiger partial charge in [-0.2, -0.15) is 0 Å². The van der Waals surface area contributed by atoms with Crippen molar-refractivity contribution in [2.24, 2.45) is 0 Å². The molecule has 170 valence electrons. The van der Waals surface area contributed by atoms with Gasteiger partial charge in [0.1, 0.15) is 0 Å². The topological polar surface area (TPSA) is 20.2 Å². The van der Waals surface area contributed by atoms with E-state index in [1.807, 2.05) is 66.7 Å². The molecule has 0 fully saturated rings. The van der Waals surface area contributed by atoms with Crippen LogP contribution in [0.4, 0.5) is 0 Å². The number of benzene rings is 6. The van der Waals surface area contributed by atoms with Crippen molar-refractivity contribution >= 4 is 38.4 Å². The van der Waals surface area contributed by atoms with Crippen LogP contribution < -0.4 is 0 Å². The number of hydrogen-bond acceptors (Lipinski definition) is 1. The smallest absolute Gasteiger partial charge is 0.170 e. The summed E-state index contributed by atoms with van der Waals surface area (Å²) in [7, 11) is 0. The zero-order chi connectivity index (χ0) is 24.4. The molecule has 0 saturated heterocycles. The molecule has 0 amide bonds. The Bertz CT molecular complexity index is 1820. The van der Waals surface area contributed by atoms with Gasteiger partial charge in [-0.1, -0.05) is 121 Å². The Hall–Kier alpha value is -4.64. The van der Waals surface area contributed by atoms with E-state index in [9.17, 15) is 5.11 Å². The van der Waals surface area contributed by atoms with E-state index in [-0.39, 0.29) is 0 Å². The van der Waals surface area contributed by atoms with Crippen LogP contribution in [-0.2, 0) is 5.60 Å². The van der Waals surface area contributed by atoms with Crippen molar-refractivity contribution in [3.05, 3.63) is 150 Å². The number of rotatable bonds is 3. The van der Waals surface area contributed by atoms with Crippen LogP contribution in [0.3, 0.4) is 0 Å². The van der Waals surface area contributed by atoms with Gasteiger partial charge in [0.15, 0.2) is 5.60 Å². The van der Waals surface area contributed by atoms with Crippen molar-refractivity contribution < 1.29 is 5.11 Å². The second kappa shape index (κ2) is 9.19. The molecule has 6 rings (SSSR count). The lowest BCUT2D eigenvalue weighted by Gasteiger charge is -2.19. The van der Waals surface area contributed by atoms with E-state index < -0.39 is 5.60 Å². The van der Waals surface area contributed by atoms with E-state index in [4.69, 9.17) is 0 Å². The van der Waals surface area contributed by atoms with E-state index in [0.717, 1.165) is 38.2 Å². The summed E-state index contributed by atoms with van der Waals surface area (Å²) in [5, 5.41) is 18.8. The normalized spacial score (nSPS) is 13.0. The third-order valence-electron chi connectivity index (χ3n) is 6.63. The molecule has 0 aliphatic carbocycles. The Morgan fingerprint density at radius 2 is 1.06 bits per heavy atom. The molecule has 1 heteroatoms. The largest absolute Gasteiger partial charge is 0.370 e. The van der Waals surface area contributed by atoms with Crippen LogP contribution >= 0.6 is 0 Å². The molecule has 1 atom stereocenters. The zero-order valence-corrected chi connectivity index (χ0v) is 19.7. The second-order valence-corrected chi connectivity index (χ2v) is 9.08. The first-order valence-corrected chi connectivity index (χ1v) is 12.1. The maximum Gasteiger partial charge on any atom is 0.170 e. The minimum Gasteiger partial charge on any atom is -0.370 e. The van der Waals surface area contributed by atoms with Crippen molar-refractivity contribution in [1.29, 1.82) is 0 Å². The molecule has 6 aromatic rings. The lowest BCUT2D eigenvalue weighted by molar-refractivity contribution is 0.155. The van der Waals surface area contributed by atoms with Crippen molar-refractivity contribution in [1.82, 2.24) is 0 Å². The van der Waals surface area contributed by atoms with Crippen LogP contribution in [0.25, 0.3) is 38.4 Å². The lowest BCUT2D eigenvalue weighted by atomic mass is 9.90. The Labute approximate surface area is 211 Å². The van der Waals surface area contributed by atoms with Gasteiger partial charge in [0, 0.05) is 11.1 Å². The average molecular weight is 461 g/mol. The summed E-state index contributed by atoms with van der Waals surface area (Å²) < 4.78 is 0.